The minimum absolute atomic E-state index is 0.684. The van der Waals surface area contributed by atoms with Gasteiger partial charge in [0, 0.05) is 6.07 Å². The van der Waals surface area contributed by atoms with Gasteiger partial charge >= 0.3 is 0 Å². The third-order valence-corrected chi connectivity index (χ3v) is 2.27. The summed E-state index contributed by atoms with van der Waals surface area (Å²) >= 11 is 1.49. The SMILES string of the molecule is COc1ccc2oc(SC)nc2c1. The molecule has 68 valence electrons. The zero-order chi connectivity index (χ0) is 9.26. The molecule has 2 aromatic rings. The Morgan fingerprint density at radius 1 is 1.46 bits per heavy atom. The molecule has 0 amide bonds. The number of hydrogen-bond acceptors (Lipinski definition) is 4. The standard InChI is InChI=1S/C9H9NO2S/c1-11-6-3-4-8-7(5-6)10-9(12-8)13-2/h3-5H,1-2H3. The predicted octanol–water partition coefficient (Wildman–Crippen LogP) is 2.56. The van der Waals surface area contributed by atoms with E-state index >= 15 is 0 Å². The molecule has 0 unspecified atom stereocenters. The van der Waals surface area contributed by atoms with Gasteiger partial charge < -0.3 is 9.15 Å². The first kappa shape index (κ1) is 8.44. The van der Waals surface area contributed by atoms with E-state index in [-0.39, 0.29) is 0 Å². The first-order valence-electron chi connectivity index (χ1n) is 3.82. The van der Waals surface area contributed by atoms with Crippen LogP contribution in [0.25, 0.3) is 11.1 Å². The monoisotopic (exact) mass is 195 g/mol. The highest BCUT2D eigenvalue weighted by atomic mass is 32.2. The van der Waals surface area contributed by atoms with Crippen LogP contribution in [0, 0.1) is 0 Å². The molecule has 3 nitrogen and oxygen atoms in total. The quantitative estimate of drug-likeness (QED) is 0.690. The van der Waals surface area contributed by atoms with Gasteiger partial charge in [0.2, 0.25) is 0 Å². The Bertz CT molecular complexity index is 422. The Hall–Kier alpha value is -1.16. The summed E-state index contributed by atoms with van der Waals surface area (Å²) in [6.45, 7) is 0. The molecule has 0 saturated carbocycles. The van der Waals surface area contributed by atoms with Gasteiger partial charge in [-0.05, 0) is 18.4 Å². The van der Waals surface area contributed by atoms with Crippen molar-refractivity contribution >= 4 is 22.9 Å². The van der Waals surface area contributed by atoms with E-state index in [2.05, 4.69) is 4.98 Å². The molecular weight excluding hydrogens is 186 g/mol. The summed E-state index contributed by atoms with van der Waals surface area (Å²) in [5, 5.41) is 0.684. The first-order chi connectivity index (χ1) is 6.33. The minimum Gasteiger partial charge on any atom is -0.497 e. The summed E-state index contributed by atoms with van der Waals surface area (Å²) in [5.74, 6) is 0.799. The molecule has 1 heterocycles. The fraction of sp³-hybridized carbons (Fsp3) is 0.222. The summed E-state index contributed by atoms with van der Waals surface area (Å²) in [6.07, 6.45) is 1.93. The summed E-state index contributed by atoms with van der Waals surface area (Å²) in [4.78, 5) is 4.26. The third kappa shape index (κ3) is 1.49. The van der Waals surface area contributed by atoms with Crippen LogP contribution in [0.3, 0.4) is 0 Å². The van der Waals surface area contributed by atoms with Crippen molar-refractivity contribution in [1.29, 1.82) is 0 Å². The number of nitrogens with zero attached hydrogens (tertiary/aromatic N) is 1. The van der Waals surface area contributed by atoms with E-state index in [4.69, 9.17) is 9.15 Å². The normalized spacial score (nSPS) is 10.6. The van der Waals surface area contributed by atoms with Crippen molar-refractivity contribution in [2.45, 2.75) is 5.22 Å². The van der Waals surface area contributed by atoms with Crippen LogP contribution in [0.2, 0.25) is 0 Å². The Kier molecular flexibility index (Phi) is 2.14. The van der Waals surface area contributed by atoms with Crippen LogP contribution in [0.15, 0.2) is 27.8 Å². The van der Waals surface area contributed by atoms with Gasteiger partial charge in [0.05, 0.1) is 7.11 Å². The van der Waals surface area contributed by atoms with Crippen molar-refractivity contribution < 1.29 is 9.15 Å². The lowest BCUT2D eigenvalue weighted by Crippen LogP contribution is -1.80. The van der Waals surface area contributed by atoms with Crippen molar-refractivity contribution in [1.82, 2.24) is 4.98 Å². The van der Waals surface area contributed by atoms with Crippen LogP contribution >= 0.6 is 11.8 Å². The molecule has 0 aliphatic carbocycles. The van der Waals surface area contributed by atoms with Crippen LogP contribution in [0.5, 0.6) is 5.75 Å². The summed E-state index contributed by atoms with van der Waals surface area (Å²) in [5.41, 5.74) is 1.63. The maximum Gasteiger partial charge on any atom is 0.256 e. The fourth-order valence-electron chi connectivity index (χ4n) is 1.10. The van der Waals surface area contributed by atoms with Gasteiger partial charge in [-0.1, -0.05) is 11.8 Å². The lowest BCUT2D eigenvalue weighted by Gasteiger charge is -1.95. The number of hydrogen-bond donors (Lipinski definition) is 0. The van der Waals surface area contributed by atoms with E-state index in [1.54, 1.807) is 7.11 Å². The number of fused-ring (bicyclic) bond motifs is 1. The molecule has 13 heavy (non-hydrogen) atoms. The minimum atomic E-state index is 0.684. The molecule has 0 aliphatic heterocycles. The van der Waals surface area contributed by atoms with Gasteiger partial charge in [0.15, 0.2) is 5.58 Å². The second-order valence-electron chi connectivity index (χ2n) is 2.52. The van der Waals surface area contributed by atoms with Crippen molar-refractivity contribution in [2.24, 2.45) is 0 Å². The van der Waals surface area contributed by atoms with E-state index < -0.39 is 0 Å². The van der Waals surface area contributed by atoms with Gasteiger partial charge in [-0.15, -0.1) is 0 Å². The number of rotatable bonds is 2. The van der Waals surface area contributed by atoms with E-state index in [1.807, 2.05) is 24.5 Å². The van der Waals surface area contributed by atoms with Gasteiger partial charge in [0.1, 0.15) is 11.3 Å². The molecule has 2 rings (SSSR count). The molecule has 0 saturated heterocycles. The Morgan fingerprint density at radius 3 is 3.00 bits per heavy atom. The zero-order valence-corrected chi connectivity index (χ0v) is 8.22. The van der Waals surface area contributed by atoms with Gasteiger partial charge in [-0.3, -0.25) is 0 Å². The maximum atomic E-state index is 5.41. The number of aromatic nitrogens is 1. The lowest BCUT2D eigenvalue weighted by atomic mass is 10.3. The molecule has 0 bridgehead atoms. The predicted molar refractivity (Wildman–Crippen MR) is 52.3 cm³/mol. The average molecular weight is 195 g/mol. The van der Waals surface area contributed by atoms with Crippen LogP contribution in [0.4, 0.5) is 0 Å². The van der Waals surface area contributed by atoms with Crippen molar-refractivity contribution in [3.05, 3.63) is 18.2 Å². The molecule has 0 aliphatic rings. The van der Waals surface area contributed by atoms with E-state index in [0.29, 0.717) is 5.22 Å². The molecule has 1 aromatic heterocycles. The van der Waals surface area contributed by atoms with Gasteiger partial charge in [-0.25, -0.2) is 4.98 Å². The molecule has 0 radical (unpaired) electrons. The average Bonchev–Trinajstić information content (AvgIpc) is 2.58. The highest BCUT2D eigenvalue weighted by molar-refractivity contribution is 7.98. The Balaban J connectivity index is 2.57. The number of benzene rings is 1. The molecule has 0 fully saturated rings. The molecular formula is C9H9NO2S. The van der Waals surface area contributed by atoms with E-state index in [1.165, 1.54) is 11.8 Å². The number of ether oxygens (including phenoxy) is 1. The largest absolute Gasteiger partial charge is 0.497 e. The van der Waals surface area contributed by atoms with Crippen molar-refractivity contribution in [3.63, 3.8) is 0 Å². The third-order valence-electron chi connectivity index (χ3n) is 1.75. The molecule has 0 N–H and O–H groups in total. The molecule has 0 spiro atoms. The van der Waals surface area contributed by atoms with Crippen LogP contribution in [-0.4, -0.2) is 18.3 Å². The highest BCUT2D eigenvalue weighted by Gasteiger charge is 2.04. The fourth-order valence-corrected chi connectivity index (χ4v) is 1.46. The van der Waals surface area contributed by atoms with Crippen LogP contribution in [0.1, 0.15) is 0 Å². The lowest BCUT2D eigenvalue weighted by molar-refractivity contribution is 0.415. The summed E-state index contributed by atoms with van der Waals surface area (Å²) in [6, 6.07) is 5.58. The number of methoxy groups -OCH3 is 1. The molecule has 1 aromatic carbocycles. The second-order valence-corrected chi connectivity index (χ2v) is 3.28. The topological polar surface area (TPSA) is 35.3 Å². The van der Waals surface area contributed by atoms with Crippen LogP contribution < -0.4 is 4.74 Å². The molecule has 0 atom stereocenters. The van der Waals surface area contributed by atoms with E-state index in [9.17, 15) is 0 Å². The first-order valence-corrected chi connectivity index (χ1v) is 5.04. The van der Waals surface area contributed by atoms with Gasteiger partial charge in [0.25, 0.3) is 5.22 Å². The van der Waals surface area contributed by atoms with Crippen molar-refractivity contribution in [2.75, 3.05) is 13.4 Å². The summed E-state index contributed by atoms with van der Waals surface area (Å²) in [7, 11) is 1.64. The number of thioether (sulfide) groups is 1. The highest BCUT2D eigenvalue weighted by Crippen LogP contribution is 2.24. The second kappa shape index (κ2) is 3.30. The summed E-state index contributed by atoms with van der Waals surface area (Å²) < 4.78 is 10.5. The Morgan fingerprint density at radius 2 is 2.31 bits per heavy atom. The zero-order valence-electron chi connectivity index (χ0n) is 7.40. The molecule has 4 heteroatoms. The Labute approximate surface area is 80.1 Å². The number of oxazole rings is 1. The van der Waals surface area contributed by atoms with Crippen molar-refractivity contribution in [3.8, 4) is 5.75 Å². The smallest absolute Gasteiger partial charge is 0.256 e. The van der Waals surface area contributed by atoms with E-state index in [0.717, 1.165) is 16.8 Å². The maximum absolute atomic E-state index is 5.41. The van der Waals surface area contributed by atoms with Gasteiger partial charge in [-0.2, -0.15) is 0 Å². The van der Waals surface area contributed by atoms with Crippen LogP contribution in [-0.2, 0) is 0 Å².